The van der Waals surface area contributed by atoms with E-state index >= 15 is 0 Å². The maximum atomic E-state index is 12.1. The summed E-state index contributed by atoms with van der Waals surface area (Å²) >= 11 is 3.48. The molecule has 0 unspecified atom stereocenters. The number of nitrogens with zero attached hydrogens (tertiary/aromatic N) is 2. The molecule has 5 nitrogen and oxygen atoms in total. The van der Waals surface area contributed by atoms with Crippen LogP contribution in [0.25, 0.3) is 0 Å². The molecule has 0 fully saturated rings. The number of benzene rings is 2. The SMILES string of the molecule is CC(=O)N1N=C(c2cccc(Br)c2)C[C@@H]1c1ccc2c(c1)OCO2. The first kappa shape index (κ1) is 15.2. The molecule has 0 bridgehead atoms. The Kier molecular flexibility index (Phi) is 3.76. The van der Waals surface area contributed by atoms with Crippen molar-refractivity contribution in [2.45, 2.75) is 19.4 Å². The van der Waals surface area contributed by atoms with Crippen LogP contribution in [-0.4, -0.2) is 23.4 Å². The second-order valence-corrected chi connectivity index (χ2v) is 6.67. The molecule has 2 aromatic rings. The van der Waals surface area contributed by atoms with Crippen LogP contribution >= 0.6 is 15.9 Å². The van der Waals surface area contributed by atoms with Crippen molar-refractivity contribution >= 4 is 27.5 Å². The number of ether oxygens (including phenoxy) is 2. The molecule has 0 saturated heterocycles. The lowest BCUT2D eigenvalue weighted by Gasteiger charge is -2.20. The molecule has 0 saturated carbocycles. The predicted molar refractivity (Wildman–Crippen MR) is 93.1 cm³/mol. The van der Waals surface area contributed by atoms with E-state index in [0.29, 0.717) is 12.2 Å². The molecule has 1 amide bonds. The number of hydrazone groups is 1. The van der Waals surface area contributed by atoms with Crippen molar-refractivity contribution in [2.24, 2.45) is 5.10 Å². The molecule has 0 radical (unpaired) electrons. The second-order valence-electron chi connectivity index (χ2n) is 5.75. The zero-order valence-corrected chi connectivity index (χ0v) is 14.6. The minimum atomic E-state index is -0.133. The first-order chi connectivity index (χ1) is 11.6. The Hall–Kier alpha value is -2.34. The highest BCUT2D eigenvalue weighted by atomic mass is 79.9. The van der Waals surface area contributed by atoms with E-state index in [0.717, 1.165) is 27.1 Å². The lowest BCUT2D eigenvalue weighted by Crippen LogP contribution is -2.24. The number of hydrogen-bond acceptors (Lipinski definition) is 4. The highest BCUT2D eigenvalue weighted by Crippen LogP contribution is 2.39. The van der Waals surface area contributed by atoms with Crippen LogP contribution in [0.1, 0.15) is 30.5 Å². The van der Waals surface area contributed by atoms with Crippen molar-refractivity contribution < 1.29 is 14.3 Å². The molecular formula is C18H15BrN2O3. The Morgan fingerprint density at radius 1 is 1.21 bits per heavy atom. The van der Waals surface area contributed by atoms with Crippen molar-refractivity contribution in [1.82, 2.24) is 5.01 Å². The van der Waals surface area contributed by atoms with E-state index < -0.39 is 0 Å². The summed E-state index contributed by atoms with van der Waals surface area (Å²) in [6.45, 7) is 1.77. The molecule has 2 aliphatic heterocycles. The lowest BCUT2D eigenvalue weighted by molar-refractivity contribution is -0.130. The Morgan fingerprint density at radius 3 is 2.83 bits per heavy atom. The fourth-order valence-electron chi connectivity index (χ4n) is 3.02. The van der Waals surface area contributed by atoms with Gasteiger partial charge >= 0.3 is 0 Å². The monoisotopic (exact) mass is 386 g/mol. The van der Waals surface area contributed by atoms with Crippen molar-refractivity contribution in [3.8, 4) is 11.5 Å². The van der Waals surface area contributed by atoms with Gasteiger partial charge in [-0.05, 0) is 35.4 Å². The van der Waals surface area contributed by atoms with E-state index in [4.69, 9.17) is 9.47 Å². The summed E-state index contributed by atoms with van der Waals surface area (Å²) in [6.07, 6.45) is 0.662. The maximum absolute atomic E-state index is 12.1. The van der Waals surface area contributed by atoms with Crippen LogP contribution in [0, 0.1) is 0 Å². The van der Waals surface area contributed by atoms with Gasteiger partial charge in [-0.3, -0.25) is 4.79 Å². The van der Waals surface area contributed by atoms with Crippen LogP contribution in [0.15, 0.2) is 52.0 Å². The van der Waals surface area contributed by atoms with Crippen LogP contribution in [-0.2, 0) is 4.79 Å². The molecule has 0 N–H and O–H groups in total. The zero-order chi connectivity index (χ0) is 16.7. The van der Waals surface area contributed by atoms with E-state index in [1.165, 1.54) is 6.92 Å². The van der Waals surface area contributed by atoms with Crippen LogP contribution in [0.5, 0.6) is 11.5 Å². The second kappa shape index (κ2) is 5.94. The highest BCUT2D eigenvalue weighted by molar-refractivity contribution is 9.10. The number of amides is 1. The Balaban J connectivity index is 1.68. The molecule has 0 spiro atoms. The van der Waals surface area contributed by atoms with Crippen LogP contribution in [0.4, 0.5) is 0 Å². The van der Waals surface area contributed by atoms with E-state index in [2.05, 4.69) is 21.0 Å². The van der Waals surface area contributed by atoms with Crippen molar-refractivity contribution in [2.75, 3.05) is 6.79 Å². The summed E-state index contributed by atoms with van der Waals surface area (Å²) in [7, 11) is 0. The summed E-state index contributed by atoms with van der Waals surface area (Å²) in [6, 6.07) is 13.6. The number of fused-ring (bicyclic) bond motifs is 1. The minimum Gasteiger partial charge on any atom is -0.454 e. The lowest BCUT2D eigenvalue weighted by atomic mass is 9.98. The molecule has 6 heteroatoms. The summed E-state index contributed by atoms with van der Waals surface area (Å²) < 4.78 is 11.8. The number of rotatable bonds is 2. The van der Waals surface area contributed by atoms with Crippen molar-refractivity contribution in [3.63, 3.8) is 0 Å². The smallest absolute Gasteiger partial charge is 0.240 e. The molecule has 4 rings (SSSR count). The van der Waals surface area contributed by atoms with Gasteiger partial charge in [0.15, 0.2) is 11.5 Å². The summed E-state index contributed by atoms with van der Waals surface area (Å²) in [5.74, 6) is 1.37. The van der Waals surface area contributed by atoms with Gasteiger partial charge in [-0.2, -0.15) is 5.10 Å². The fraction of sp³-hybridized carbons (Fsp3) is 0.222. The first-order valence-corrected chi connectivity index (χ1v) is 8.44. The molecule has 24 heavy (non-hydrogen) atoms. The average molecular weight is 387 g/mol. The third-order valence-corrected chi connectivity index (χ3v) is 4.67. The van der Waals surface area contributed by atoms with Gasteiger partial charge in [0.1, 0.15) is 0 Å². The Labute approximate surface area is 148 Å². The van der Waals surface area contributed by atoms with E-state index in [9.17, 15) is 4.79 Å². The van der Waals surface area contributed by atoms with Gasteiger partial charge in [-0.15, -0.1) is 0 Å². The Morgan fingerprint density at radius 2 is 2.04 bits per heavy atom. The molecule has 2 aromatic carbocycles. The quantitative estimate of drug-likeness (QED) is 0.786. The average Bonchev–Trinajstić information content (AvgIpc) is 3.21. The molecular weight excluding hydrogens is 372 g/mol. The summed E-state index contributed by atoms with van der Waals surface area (Å²) in [5, 5.41) is 6.11. The number of carbonyl (C=O) groups excluding carboxylic acids is 1. The van der Waals surface area contributed by atoms with Crippen LogP contribution < -0.4 is 9.47 Å². The first-order valence-electron chi connectivity index (χ1n) is 7.64. The van der Waals surface area contributed by atoms with Gasteiger partial charge in [-0.1, -0.05) is 34.1 Å². The minimum absolute atomic E-state index is 0.0809. The fourth-order valence-corrected chi connectivity index (χ4v) is 3.42. The van der Waals surface area contributed by atoms with Gasteiger partial charge in [-0.25, -0.2) is 5.01 Å². The van der Waals surface area contributed by atoms with Gasteiger partial charge in [0.05, 0.1) is 11.8 Å². The topological polar surface area (TPSA) is 51.1 Å². The Bertz CT molecular complexity index is 850. The molecule has 0 aliphatic carbocycles. The van der Waals surface area contributed by atoms with Crippen molar-refractivity contribution in [1.29, 1.82) is 0 Å². The van der Waals surface area contributed by atoms with Crippen LogP contribution in [0.2, 0.25) is 0 Å². The van der Waals surface area contributed by atoms with E-state index in [-0.39, 0.29) is 18.7 Å². The molecule has 2 aliphatic rings. The van der Waals surface area contributed by atoms with Gasteiger partial charge < -0.3 is 9.47 Å². The third-order valence-electron chi connectivity index (χ3n) is 4.17. The number of hydrogen-bond donors (Lipinski definition) is 0. The molecule has 0 aromatic heterocycles. The number of carbonyl (C=O) groups is 1. The zero-order valence-electron chi connectivity index (χ0n) is 13.0. The summed E-state index contributed by atoms with van der Waals surface area (Å²) in [5.41, 5.74) is 2.90. The van der Waals surface area contributed by atoms with Gasteiger partial charge in [0.2, 0.25) is 12.7 Å². The molecule has 2 heterocycles. The standard InChI is InChI=1S/C18H15BrN2O3/c1-11(22)21-16(13-5-6-17-18(8-13)24-10-23-17)9-15(20-21)12-3-2-4-14(19)7-12/h2-8,16H,9-10H2,1H3/t16-/m1/s1. The predicted octanol–water partition coefficient (Wildman–Crippen LogP) is 3.88. The largest absolute Gasteiger partial charge is 0.454 e. The third kappa shape index (κ3) is 2.67. The van der Waals surface area contributed by atoms with Gasteiger partial charge in [0.25, 0.3) is 0 Å². The number of halogens is 1. The normalized spacial score (nSPS) is 18.7. The summed E-state index contributed by atoms with van der Waals surface area (Å²) in [4.78, 5) is 12.1. The molecule has 122 valence electrons. The van der Waals surface area contributed by atoms with E-state index in [1.807, 2.05) is 42.5 Å². The van der Waals surface area contributed by atoms with Crippen LogP contribution in [0.3, 0.4) is 0 Å². The van der Waals surface area contributed by atoms with Gasteiger partial charge in [0, 0.05) is 17.8 Å². The maximum Gasteiger partial charge on any atom is 0.240 e. The van der Waals surface area contributed by atoms with E-state index in [1.54, 1.807) is 5.01 Å². The van der Waals surface area contributed by atoms with Crippen molar-refractivity contribution in [3.05, 3.63) is 58.1 Å². The highest BCUT2D eigenvalue weighted by Gasteiger charge is 2.32. The molecule has 1 atom stereocenters.